The van der Waals surface area contributed by atoms with Crippen molar-refractivity contribution in [3.8, 4) is 0 Å². The van der Waals surface area contributed by atoms with E-state index in [4.69, 9.17) is 5.73 Å². The number of nitrogens with one attached hydrogen (secondary N) is 1. The Morgan fingerprint density at radius 2 is 2.24 bits per heavy atom. The zero-order chi connectivity index (χ0) is 12.8. The lowest BCUT2D eigenvalue weighted by molar-refractivity contribution is 0.602. The molecule has 0 fully saturated rings. The molecule has 0 saturated carbocycles. The van der Waals surface area contributed by atoms with Crippen LogP contribution in [0.5, 0.6) is 0 Å². The van der Waals surface area contributed by atoms with Crippen molar-refractivity contribution in [2.24, 2.45) is 0 Å². The molecule has 3 N–H and O–H groups in total. The molecule has 0 amide bonds. The van der Waals surface area contributed by atoms with E-state index >= 15 is 0 Å². The number of hydrogen-bond acceptors (Lipinski definition) is 4. The van der Waals surface area contributed by atoms with E-state index in [1.165, 1.54) is 0 Å². The summed E-state index contributed by atoms with van der Waals surface area (Å²) >= 11 is 1.89. The zero-order valence-corrected chi connectivity index (χ0v) is 12.1. The molecule has 0 saturated heterocycles. The van der Waals surface area contributed by atoms with E-state index in [1.807, 2.05) is 23.4 Å². The Balaban J connectivity index is 2.62. The summed E-state index contributed by atoms with van der Waals surface area (Å²) in [7, 11) is 0. The SMILES string of the molecule is CCCn1nc(C)c(N)c1NCCC(C)SC. The summed E-state index contributed by atoms with van der Waals surface area (Å²) in [6.45, 7) is 8.20. The molecule has 0 aliphatic rings. The van der Waals surface area contributed by atoms with Crippen LogP contribution in [0.4, 0.5) is 11.5 Å². The van der Waals surface area contributed by atoms with Gasteiger partial charge >= 0.3 is 0 Å². The maximum atomic E-state index is 6.03. The number of aryl methyl sites for hydroxylation is 2. The fraction of sp³-hybridized carbons (Fsp3) is 0.750. The Kier molecular flexibility index (Phi) is 5.68. The Hall–Kier alpha value is -0.840. The number of nitrogens with two attached hydrogens (primary N) is 1. The van der Waals surface area contributed by atoms with Gasteiger partial charge in [-0.05, 0) is 26.0 Å². The summed E-state index contributed by atoms with van der Waals surface area (Å²) in [6, 6.07) is 0. The second-order valence-electron chi connectivity index (χ2n) is 4.33. The van der Waals surface area contributed by atoms with E-state index in [2.05, 4.69) is 30.5 Å². The van der Waals surface area contributed by atoms with Gasteiger partial charge in [-0.3, -0.25) is 0 Å². The van der Waals surface area contributed by atoms with Gasteiger partial charge in [0.25, 0.3) is 0 Å². The van der Waals surface area contributed by atoms with Crippen LogP contribution in [0.2, 0.25) is 0 Å². The predicted octanol–water partition coefficient (Wildman–Crippen LogP) is 2.74. The summed E-state index contributed by atoms with van der Waals surface area (Å²) in [5, 5.41) is 8.53. The molecule has 0 spiro atoms. The lowest BCUT2D eigenvalue weighted by Gasteiger charge is -2.12. The number of nitrogen functional groups attached to an aromatic ring is 1. The summed E-state index contributed by atoms with van der Waals surface area (Å²) in [5.74, 6) is 0.984. The average molecular weight is 256 g/mol. The first-order chi connectivity index (χ1) is 8.10. The number of anilines is 2. The molecule has 1 unspecified atom stereocenters. The Labute approximate surface area is 108 Å². The van der Waals surface area contributed by atoms with Crippen LogP contribution in [0.25, 0.3) is 0 Å². The molecule has 0 radical (unpaired) electrons. The van der Waals surface area contributed by atoms with Gasteiger partial charge in [-0.25, -0.2) is 4.68 Å². The first-order valence-electron chi connectivity index (χ1n) is 6.19. The highest BCUT2D eigenvalue weighted by molar-refractivity contribution is 7.99. The number of aromatic nitrogens is 2. The molecule has 1 heterocycles. The van der Waals surface area contributed by atoms with Gasteiger partial charge in [-0.1, -0.05) is 13.8 Å². The molecule has 0 aliphatic carbocycles. The van der Waals surface area contributed by atoms with Crippen LogP contribution >= 0.6 is 11.8 Å². The molecular weight excluding hydrogens is 232 g/mol. The van der Waals surface area contributed by atoms with Crippen molar-refractivity contribution in [2.75, 3.05) is 23.9 Å². The van der Waals surface area contributed by atoms with Crippen LogP contribution in [0.1, 0.15) is 32.4 Å². The van der Waals surface area contributed by atoms with Crippen LogP contribution in [0, 0.1) is 6.92 Å². The van der Waals surface area contributed by atoms with Crippen LogP contribution in [-0.4, -0.2) is 27.8 Å². The van der Waals surface area contributed by atoms with Crippen molar-refractivity contribution < 1.29 is 0 Å². The van der Waals surface area contributed by atoms with E-state index in [1.54, 1.807) is 0 Å². The number of thioether (sulfide) groups is 1. The van der Waals surface area contributed by atoms with E-state index < -0.39 is 0 Å². The molecule has 5 heteroatoms. The third kappa shape index (κ3) is 3.84. The molecule has 1 aromatic heterocycles. The first-order valence-corrected chi connectivity index (χ1v) is 7.48. The molecular formula is C12H24N4S. The maximum absolute atomic E-state index is 6.03. The van der Waals surface area contributed by atoms with Crippen molar-refractivity contribution in [3.05, 3.63) is 5.69 Å². The van der Waals surface area contributed by atoms with Crippen molar-refractivity contribution in [1.29, 1.82) is 0 Å². The van der Waals surface area contributed by atoms with Gasteiger partial charge in [0.05, 0.1) is 11.4 Å². The molecule has 1 atom stereocenters. The molecule has 17 heavy (non-hydrogen) atoms. The standard InChI is InChI=1S/C12H24N4S/c1-5-8-16-12(11(13)10(3)15-16)14-7-6-9(2)17-4/h9,14H,5-8,13H2,1-4H3. The summed E-state index contributed by atoms with van der Waals surface area (Å²) in [6.07, 6.45) is 4.35. The smallest absolute Gasteiger partial charge is 0.148 e. The molecule has 98 valence electrons. The number of hydrogen-bond donors (Lipinski definition) is 2. The molecule has 0 bridgehead atoms. The second-order valence-corrected chi connectivity index (χ2v) is 5.61. The number of nitrogens with zero attached hydrogens (tertiary/aromatic N) is 2. The van der Waals surface area contributed by atoms with Crippen molar-refractivity contribution in [1.82, 2.24) is 9.78 Å². The highest BCUT2D eigenvalue weighted by atomic mass is 32.2. The fourth-order valence-electron chi connectivity index (χ4n) is 1.67. The topological polar surface area (TPSA) is 55.9 Å². The van der Waals surface area contributed by atoms with E-state index in [0.29, 0.717) is 5.25 Å². The van der Waals surface area contributed by atoms with Crippen LogP contribution in [0.3, 0.4) is 0 Å². The second kappa shape index (κ2) is 6.79. The first kappa shape index (κ1) is 14.2. The Morgan fingerprint density at radius 1 is 1.53 bits per heavy atom. The Morgan fingerprint density at radius 3 is 2.82 bits per heavy atom. The lowest BCUT2D eigenvalue weighted by Crippen LogP contribution is -2.13. The summed E-state index contributed by atoms with van der Waals surface area (Å²) in [5.41, 5.74) is 7.73. The van der Waals surface area contributed by atoms with Crippen molar-refractivity contribution in [2.45, 2.75) is 45.4 Å². The molecule has 4 nitrogen and oxygen atoms in total. The maximum Gasteiger partial charge on any atom is 0.148 e. The average Bonchev–Trinajstić information content (AvgIpc) is 2.57. The van der Waals surface area contributed by atoms with Gasteiger partial charge in [0.15, 0.2) is 0 Å². The van der Waals surface area contributed by atoms with Crippen LogP contribution in [-0.2, 0) is 6.54 Å². The fourth-order valence-corrected chi connectivity index (χ4v) is 2.02. The lowest BCUT2D eigenvalue weighted by atomic mass is 10.3. The normalized spacial score (nSPS) is 12.7. The minimum absolute atomic E-state index is 0.673. The molecule has 0 aliphatic heterocycles. The number of rotatable bonds is 7. The quantitative estimate of drug-likeness (QED) is 0.787. The van der Waals surface area contributed by atoms with Gasteiger partial charge in [0, 0.05) is 18.3 Å². The van der Waals surface area contributed by atoms with E-state index in [0.717, 1.165) is 43.1 Å². The van der Waals surface area contributed by atoms with Crippen molar-refractivity contribution in [3.63, 3.8) is 0 Å². The highest BCUT2D eigenvalue weighted by Crippen LogP contribution is 2.22. The zero-order valence-electron chi connectivity index (χ0n) is 11.3. The van der Waals surface area contributed by atoms with Gasteiger partial charge in [0.2, 0.25) is 0 Å². The highest BCUT2D eigenvalue weighted by Gasteiger charge is 2.11. The minimum atomic E-state index is 0.673. The summed E-state index contributed by atoms with van der Waals surface area (Å²) < 4.78 is 1.98. The van der Waals surface area contributed by atoms with Gasteiger partial charge in [-0.2, -0.15) is 16.9 Å². The minimum Gasteiger partial charge on any atom is -0.394 e. The summed E-state index contributed by atoms with van der Waals surface area (Å²) in [4.78, 5) is 0. The third-order valence-corrected chi connectivity index (χ3v) is 3.90. The van der Waals surface area contributed by atoms with E-state index in [9.17, 15) is 0 Å². The van der Waals surface area contributed by atoms with E-state index in [-0.39, 0.29) is 0 Å². The van der Waals surface area contributed by atoms with Gasteiger partial charge in [-0.15, -0.1) is 0 Å². The molecule has 1 aromatic rings. The largest absolute Gasteiger partial charge is 0.394 e. The van der Waals surface area contributed by atoms with Crippen LogP contribution < -0.4 is 11.1 Å². The molecule has 0 aromatic carbocycles. The van der Waals surface area contributed by atoms with Gasteiger partial charge < -0.3 is 11.1 Å². The molecule has 1 rings (SSSR count). The van der Waals surface area contributed by atoms with Crippen molar-refractivity contribution >= 4 is 23.3 Å². The van der Waals surface area contributed by atoms with Crippen LogP contribution in [0.15, 0.2) is 0 Å². The van der Waals surface area contributed by atoms with Gasteiger partial charge in [0.1, 0.15) is 5.82 Å². The Bertz CT molecular complexity index is 349. The third-order valence-electron chi connectivity index (χ3n) is 2.85. The predicted molar refractivity (Wildman–Crippen MR) is 77.8 cm³/mol. The monoisotopic (exact) mass is 256 g/mol.